The van der Waals surface area contributed by atoms with Crippen LogP contribution in [0, 0.1) is 6.92 Å². The number of aromatic nitrogens is 2. The van der Waals surface area contributed by atoms with Crippen LogP contribution in [0.25, 0.3) is 0 Å². The molecule has 2 fully saturated rings. The summed E-state index contributed by atoms with van der Waals surface area (Å²) in [6.07, 6.45) is 4.26. The number of imidazole rings is 1. The van der Waals surface area contributed by atoms with E-state index in [9.17, 15) is 0 Å². The standard InChI is InChI=1S/C14H23BN2O3/c1-10-16-11(9-17(10)12-7-6-8-18-12)15-19-13(2,3)14(4,5)20-15/h9,12H,6-8H2,1-5H3. The van der Waals surface area contributed by atoms with E-state index in [1.165, 1.54) is 0 Å². The van der Waals surface area contributed by atoms with Crippen molar-refractivity contribution >= 4 is 12.7 Å². The van der Waals surface area contributed by atoms with Gasteiger partial charge < -0.3 is 18.6 Å². The van der Waals surface area contributed by atoms with Crippen molar-refractivity contribution in [1.82, 2.24) is 9.55 Å². The lowest BCUT2D eigenvalue weighted by Gasteiger charge is -2.32. The predicted molar refractivity (Wildman–Crippen MR) is 76.9 cm³/mol. The van der Waals surface area contributed by atoms with E-state index in [1.54, 1.807) is 0 Å². The zero-order chi connectivity index (χ0) is 14.5. The molecule has 0 aliphatic carbocycles. The van der Waals surface area contributed by atoms with Crippen molar-refractivity contribution in [2.75, 3.05) is 6.61 Å². The van der Waals surface area contributed by atoms with Crippen LogP contribution in [-0.2, 0) is 14.0 Å². The highest BCUT2D eigenvalue weighted by molar-refractivity contribution is 6.61. The fraction of sp³-hybridized carbons (Fsp3) is 0.786. The minimum absolute atomic E-state index is 0.110. The summed E-state index contributed by atoms with van der Waals surface area (Å²) in [6, 6.07) is 0. The molecule has 0 bridgehead atoms. The second-order valence-electron chi connectivity index (χ2n) is 6.68. The van der Waals surface area contributed by atoms with Crippen LogP contribution >= 0.6 is 0 Å². The number of nitrogens with zero attached hydrogens (tertiary/aromatic N) is 2. The van der Waals surface area contributed by atoms with Crippen LogP contribution in [0.4, 0.5) is 0 Å². The van der Waals surface area contributed by atoms with Gasteiger partial charge in [-0.3, -0.25) is 0 Å². The smallest absolute Gasteiger partial charge is 0.398 e. The highest BCUT2D eigenvalue weighted by atomic mass is 16.7. The number of rotatable bonds is 2. The topological polar surface area (TPSA) is 45.5 Å². The molecule has 0 radical (unpaired) electrons. The van der Waals surface area contributed by atoms with E-state index in [0.29, 0.717) is 0 Å². The second kappa shape index (κ2) is 4.58. The first kappa shape index (κ1) is 14.1. The Bertz CT molecular complexity index is 491. The Morgan fingerprint density at radius 1 is 1.25 bits per heavy atom. The molecule has 110 valence electrons. The van der Waals surface area contributed by atoms with Crippen molar-refractivity contribution in [3.8, 4) is 0 Å². The average Bonchev–Trinajstić information content (AvgIpc) is 2.98. The van der Waals surface area contributed by atoms with Crippen LogP contribution in [0.1, 0.15) is 52.6 Å². The lowest BCUT2D eigenvalue weighted by atomic mass is 9.86. The van der Waals surface area contributed by atoms with E-state index in [1.807, 2.05) is 13.1 Å². The normalized spacial score (nSPS) is 28.2. The molecule has 5 nitrogen and oxygen atoms in total. The molecule has 2 aliphatic rings. The zero-order valence-electron chi connectivity index (χ0n) is 13.0. The van der Waals surface area contributed by atoms with Gasteiger partial charge in [-0.2, -0.15) is 0 Å². The molecular formula is C14H23BN2O3. The minimum atomic E-state index is -0.402. The van der Waals surface area contributed by atoms with Crippen molar-refractivity contribution in [1.29, 1.82) is 0 Å². The van der Waals surface area contributed by atoms with Crippen LogP contribution in [-0.4, -0.2) is 34.5 Å². The summed E-state index contributed by atoms with van der Waals surface area (Å²) >= 11 is 0. The lowest BCUT2D eigenvalue weighted by molar-refractivity contribution is 0.00578. The SMILES string of the molecule is Cc1nc(B2OC(C)(C)C(C)(C)O2)cn1C1CCCO1. The fourth-order valence-electron chi connectivity index (χ4n) is 2.66. The van der Waals surface area contributed by atoms with Crippen molar-refractivity contribution < 1.29 is 14.0 Å². The van der Waals surface area contributed by atoms with E-state index in [0.717, 1.165) is 30.9 Å². The van der Waals surface area contributed by atoms with Gasteiger partial charge in [-0.25, -0.2) is 4.98 Å². The Kier molecular flexibility index (Phi) is 3.23. The van der Waals surface area contributed by atoms with Gasteiger partial charge in [-0.15, -0.1) is 0 Å². The molecule has 20 heavy (non-hydrogen) atoms. The van der Waals surface area contributed by atoms with Gasteiger partial charge in [0, 0.05) is 12.8 Å². The number of aryl methyl sites for hydroxylation is 1. The highest BCUT2D eigenvalue weighted by Crippen LogP contribution is 2.36. The number of hydrogen-bond donors (Lipinski definition) is 0. The van der Waals surface area contributed by atoms with Crippen molar-refractivity contribution in [3.63, 3.8) is 0 Å². The molecule has 6 heteroatoms. The molecule has 1 aromatic heterocycles. The van der Waals surface area contributed by atoms with Gasteiger partial charge in [-0.1, -0.05) is 0 Å². The Morgan fingerprint density at radius 2 is 1.90 bits per heavy atom. The van der Waals surface area contributed by atoms with Crippen molar-refractivity contribution in [2.24, 2.45) is 0 Å². The zero-order valence-corrected chi connectivity index (χ0v) is 13.0. The van der Waals surface area contributed by atoms with Gasteiger partial charge in [-0.05, 0) is 47.5 Å². The summed E-state index contributed by atoms with van der Waals surface area (Å²) in [5.41, 5.74) is 0.162. The number of hydrogen-bond acceptors (Lipinski definition) is 4. The monoisotopic (exact) mass is 278 g/mol. The maximum atomic E-state index is 6.04. The summed E-state index contributed by atoms with van der Waals surface area (Å²) in [7, 11) is -0.402. The summed E-state index contributed by atoms with van der Waals surface area (Å²) in [4.78, 5) is 4.60. The molecule has 1 aromatic rings. The first-order valence-corrected chi connectivity index (χ1v) is 7.33. The van der Waals surface area contributed by atoms with Crippen molar-refractivity contribution in [3.05, 3.63) is 12.0 Å². The molecule has 0 amide bonds. The van der Waals surface area contributed by atoms with Gasteiger partial charge in [0.15, 0.2) is 0 Å². The van der Waals surface area contributed by atoms with Gasteiger partial charge in [0.05, 0.1) is 16.8 Å². The van der Waals surface area contributed by atoms with Crippen LogP contribution in [0.15, 0.2) is 6.20 Å². The maximum Gasteiger partial charge on any atom is 0.516 e. The molecule has 1 atom stereocenters. The Hall–Kier alpha value is -0.845. The van der Waals surface area contributed by atoms with Gasteiger partial charge >= 0.3 is 7.12 Å². The first-order chi connectivity index (χ1) is 9.30. The van der Waals surface area contributed by atoms with E-state index < -0.39 is 7.12 Å². The highest BCUT2D eigenvalue weighted by Gasteiger charge is 2.52. The molecule has 0 N–H and O–H groups in total. The molecule has 1 unspecified atom stereocenters. The van der Waals surface area contributed by atoms with Crippen molar-refractivity contribution in [2.45, 2.75) is 64.9 Å². The third kappa shape index (κ3) is 2.20. The summed E-state index contributed by atoms with van der Waals surface area (Å²) in [5.74, 6) is 0.946. The molecule has 0 spiro atoms. The van der Waals surface area contributed by atoms with Crippen LogP contribution < -0.4 is 5.59 Å². The van der Waals surface area contributed by atoms with E-state index >= 15 is 0 Å². The third-order valence-corrected chi connectivity index (χ3v) is 4.65. The van der Waals surface area contributed by atoms with Crippen LogP contribution in [0.2, 0.25) is 0 Å². The molecule has 3 heterocycles. The minimum Gasteiger partial charge on any atom is -0.398 e. The Balaban J connectivity index is 1.84. The Morgan fingerprint density at radius 3 is 2.45 bits per heavy atom. The summed E-state index contributed by atoms with van der Waals surface area (Å²) < 4.78 is 19.9. The lowest BCUT2D eigenvalue weighted by Crippen LogP contribution is -2.41. The molecule has 2 aliphatic heterocycles. The molecule has 3 rings (SSSR count). The maximum absolute atomic E-state index is 6.04. The van der Waals surface area contributed by atoms with Crippen LogP contribution in [0.3, 0.4) is 0 Å². The molecular weight excluding hydrogens is 255 g/mol. The first-order valence-electron chi connectivity index (χ1n) is 7.33. The predicted octanol–water partition coefficient (Wildman–Crippen LogP) is 1.80. The van der Waals surface area contributed by atoms with Gasteiger partial charge in [0.2, 0.25) is 0 Å². The third-order valence-electron chi connectivity index (χ3n) is 4.65. The summed E-state index contributed by atoms with van der Waals surface area (Å²) in [6.45, 7) is 11.0. The second-order valence-corrected chi connectivity index (χ2v) is 6.68. The quantitative estimate of drug-likeness (QED) is 0.774. The molecule has 0 saturated carbocycles. The van der Waals surface area contributed by atoms with Gasteiger partial charge in [0.25, 0.3) is 0 Å². The molecule has 2 saturated heterocycles. The average molecular weight is 278 g/mol. The van der Waals surface area contributed by atoms with E-state index in [-0.39, 0.29) is 17.4 Å². The van der Waals surface area contributed by atoms with Crippen LogP contribution in [0.5, 0.6) is 0 Å². The van der Waals surface area contributed by atoms with E-state index in [2.05, 4.69) is 37.2 Å². The fourth-order valence-corrected chi connectivity index (χ4v) is 2.66. The largest absolute Gasteiger partial charge is 0.516 e. The summed E-state index contributed by atoms with van der Waals surface area (Å²) in [5, 5.41) is 0. The van der Waals surface area contributed by atoms with E-state index in [4.69, 9.17) is 14.0 Å². The van der Waals surface area contributed by atoms with Gasteiger partial charge in [0.1, 0.15) is 12.1 Å². The molecule has 0 aromatic carbocycles. The number of ether oxygens (including phenoxy) is 1. The Labute approximate surface area is 120 Å².